The molecule has 0 heterocycles. The van der Waals surface area contributed by atoms with Crippen LogP contribution in [0.5, 0.6) is 11.5 Å². The second kappa shape index (κ2) is 6.14. The molecular formula is C12H10O6S2. The molecule has 20 heavy (non-hydrogen) atoms. The van der Waals surface area contributed by atoms with Gasteiger partial charge in [-0.1, -0.05) is 18.2 Å². The molecule has 0 aromatic heterocycles. The Hall–Kier alpha value is -1.74. The zero-order valence-electron chi connectivity index (χ0n) is 10.0. The number of para-hydroxylation sites is 1. The van der Waals surface area contributed by atoms with Crippen LogP contribution in [0.4, 0.5) is 0 Å². The lowest BCUT2D eigenvalue weighted by molar-refractivity contribution is 0.442. The summed E-state index contributed by atoms with van der Waals surface area (Å²) in [6, 6.07) is 14.2. The Labute approximate surface area is 118 Å². The van der Waals surface area contributed by atoms with Gasteiger partial charge in [0.05, 0.1) is 4.90 Å². The van der Waals surface area contributed by atoms with Crippen LogP contribution in [0.3, 0.4) is 0 Å². The largest absolute Gasteiger partial charge is 0.457 e. The van der Waals surface area contributed by atoms with Gasteiger partial charge in [0.2, 0.25) is 0 Å². The Morgan fingerprint density at radius 3 is 2.00 bits per heavy atom. The van der Waals surface area contributed by atoms with Crippen molar-refractivity contribution in [2.24, 2.45) is 0 Å². The van der Waals surface area contributed by atoms with E-state index in [0.29, 0.717) is 11.5 Å². The van der Waals surface area contributed by atoms with Crippen molar-refractivity contribution >= 4 is 21.5 Å². The van der Waals surface area contributed by atoms with E-state index in [9.17, 15) is 12.6 Å². The minimum absolute atomic E-state index is 0.236. The fraction of sp³-hybridized carbons (Fsp3) is 0. The van der Waals surface area contributed by atoms with Gasteiger partial charge in [-0.25, -0.2) is 0 Å². The Morgan fingerprint density at radius 1 is 0.900 bits per heavy atom. The highest BCUT2D eigenvalue weighted by Gasteiger charge is 2.18. The number of rotatable bonds is 5. The van der Waals surface area contributed by atoms with E-state index in [1.54, 1.807) is 24.3 Å². The van der Waals surface area contributed by atoms with Crippen molar-refractivity contribution in [2.75, 3.05) is 0 Å². The second-order valence-electron chi connectivity index (χ2n) is 3.63. The van der Waals surface area contributed by atoms with E-state index in [1.807, 2.05) is 6.07 Å². The Morgan fingerprint density at radius 2 is 1.45 bits per heavy atom. The van der Waals surface area contributed by atoms with Crippen molar-refractivity contribution in [1.29, 1.82) is 0 Å². The molecule has 2 aromatic carbocycles. The first-order valence-corrected chi connectivity index (χ1v) is 7.80. The van der Waals surface area contributed by atoms with Crippen molar-refractivity contribution in [3.05, 3.63) is 54.6 Å². The predicted molar refractivity (Wildman–Crippen MR) is 72.0 cm³/mol. The second-order valence-corrected chi connectivity index (χ2v) is 5.98. The maximum Gasteiger partial charge on any atom is 0.317 e. The third-order valence-corrected chi connectivity index (χ3v) is 4.27. The molecule has 0 saturated carbocycles. The number of ether oxygens (including phenoxy) is 1. The molecule has 0 spiro atoms. The van der Waals surface area contributed by atoms with Crippen molar-refractivity contribution in [2.45, 2.75) is 4.90 Å². The highest BCUT2D eigenvalue weighted by atomic mass is 32.3. The molecule has 0 aliphatic carbocycles. The summed E-state index contributed by atoms with van der Waals surface area (Å²) < 4.78 is 51.2. The first-order chi connectivity index (χ1) is 9.47. The molecule has 1 atom stereocenters. The quantitative estimate of drug-likeness (QED) is 0.852. The van der Waals surface area contributed by atoms with Gasteiger partial charge in [-0.05, 0) is 36.4 Å². The molecule has 0 radical (unpaired) electrons. The molecule has 8 heteroatoms. The molecule has 6 nitrogen and oxygen atoms in total. The molecule has 1 N–H and O–H groups in total. The Kier molecular flexibility index (Phi) is 4.50. The topological polar surface area (TPSA) is 89.9 Å². The van der Waals surface area contributed by atoms with Crippen LogP contribution >= 0.6 is 0 Å². The lowest BCUT2D eigenvalue weighted by Gasteiger charge is -2.06. The van der Waals surface area contributed by atoms with Crippen LogP contribution < -0.4 is 4.74 Å². The SMILES string of the molecule is O=S(O)OS(=O)(=O)c1ccc(Oc2ccccc2)cc1. The average molecular weight is 314 g/mol. The van der Waals surface area contributed by atoms with Crippen LogP contribution in [0.15, 0.2) is 59.5 Å². The summed E-state index contributed by atoms with van der Waals surface area (Å²) in [5, 5.41) is 0. The van der Waals surface area contributed by atoms with Crippen molar-refractivity contribution < 1.29 is 25.5 Å². The zero-order valence-corrected chi connectivity index (χ0v) is 11.6. The van der Waals surface area contributed by atoms with Crippen LogP contribution in [0.2, 0.25) is 0 Å². The smallest absolute Gasteiger partial charge is 0.317 e. The summed E-state index contributed by atoms with van der Waals surface area (Å²) in [6.07, 6.45) is 0. The van der Waals surface area contributed by atoms with E-state index < -0.39 is 21.5 Å². The summed E-state index contributed by atoms with van der Waals surface area (Å²) >= 11 is -2.89. The zero-order chi connectivity index (χ0) is 14.6. The van der Waals surface area contributed by atoms with Gasteiger partial charge >= 0.3 is 21.5 Å². The van der Waals surface area contributed by atoms with E-state index in [4.69, 9.17) is 9.29 Å². The molecule has 0 bridgehead atoms. The van der Waals surface area contributed by atoms with Crippen molar-refractivity contribution in [3.63, 3.8) is 0 Å². The first-order valence-electron chi connectivity index (χ1n) is 5.36. The predicted octanol–water partition coefficient (Wildman–Crippen LogP) is 2.32. The monoisotopic (exact) mass is 314 g/mol. The van der Waals surface area contributed by atoms with E-state index in [2.05, 4.69) is 3.63 Å². The minimum atomic E-state index is -4.25. The molecule has 106 valence electrons. The van der Waals surface area contributed by atoms with Gasteiger partial charge in [-0.3, -0.25) is 4.55 Å². The Balaban J connectivity index is 2.16. The lowest BCUT2D eigenvalue weighted by atomic mass is 10.3. The number of benzene rings is 2. The highest BCUT2D eigenvalue weighted by molar-refractivity contribution is 7.95. The molecule has 0 saturated heterocycles. The van der Waals surface area contributed by atoms with Crippen molar-refractivity contribution in [3.8, 4) is 11.5 Å². The summed E-state index contributed by atoms with van der Waals surface area (Å²) in [7, 11) is -4.25. The third-order valence-electron chi connectivity index (χ3n) is 2.24. The Bertz CT molecular complexity index is 694. The number of hydrogen-bond donors (Lipinski definition) is 1. The summed E-state index contributed by atoms with van der Waals surface area (Å²) in [5.41, 5.74) is 0. The van der Waals surface area contributed by atoms with Gasteiger partial charge < -0.3 is 4.74 Å². The van der Waals surface area contributed by atoms with Gasteiger partial charge in [0.1, 0.15) is 11.5 Å². The molecular weight excluding hydrogens is 304 g/mol. The van der Waals surface area contributed by atoms with Gasteiger partial charge in [0.25, 0.3) is 0 Å². The van der Waals surface area contributed by atoms with E-state index >= 15 is 0 Å². The van der Waals surface area contributed by atoms with Crippen LogP contribution in [0, 0.1) is 0 Å². The number of hydrogen-bond acceptors (Lipinski definition) is 5. The fourth-order valence-corrected chi connectivity index (χ4v) is 2.81. The van der Waals surface area contributed by atoms with Gasteiger partial charge in [-0.2, -0.15) is 12.6 Å². The van der Waals surface area contributed by atoms with E-state index in [1.165, 1.54) is 24.3 Å². The lowest BCUT2D eigenvalue weighted by Crippen LogP contribution is -2.07. The van der Waals surface area contributed by atoms with Crippen LogP contribution in [0.25, 0.3) is 0 Å². The molecule has 2 aromatic rings. The standard InChI is InChI=1S/C12H10O6S2/c13-19(14)18-20(15,16)12-8-6-11(7-9-12)17-10-4-2-1-3-5-10/h1-9H,(H,13,14). The molecule has 0 aliphatic heterocycles. The maximum absolute atomic E-state index is 11.5. The third kappa shape index (κ3) is 3.87. The van der Waals surface area contributed by atoms with Crippen molar-refractivity contribution in [1.82, 2.24) is 0 Å². The van der Waals surface area contributed by atoms with Gasteiger partial charge in [-0.15, -0.1) is 3.63 Å². The van der Waals surface area contributed by atoms with E-state index in [-0.39, 0.29) is 4.90 Å². The minimum Gasteiger partial charge on any atom is -0.457 e. The fourth-order valence-electron chi connectivity index (χ4n) is 1.41. The molecule has 0 fully saturated rings. The highest BCUT2D eigenvalue weighted by Crippen LogP contribution is 2.23. The van der Waals surface area contributed by atoms with Gasteiger partial charge in [0.15, 0.2) is 0 Å². The normalized spacial score (nSPS) is 12.8. The van der Waals surface area contributed by atoms with Gasteiger partial charge in [0, 0.05) is 0 Å². The summed E-state index contributed by atoms with van der Waals surface area (Å²) in [5.74, 6) is 1.04. The molecule has 0 amide bonds. The summed E-state index contributed by atoms with van der Waals surface area (Å²) in [6.45, 7) is 0. The van der Waals surface area contributed by atoms with Crippen LogP contribution in [0.1, 0.15) is 0 Å². The molecule has 0 aliphatic rings. The summed E-state index contributed by atoms with van der Waals surface area (Å²) in [4.78, 5) is -0.236. The average Bonchev–Trinajstić information content (AvgIpc) is 2.39. The van der Waals surface area contributed by atoms with E-state index in [0.717, 1.165) is 0 Å². The van der Waals surface area contributed by atoms with Crippen LogP contribution in [-0.2, 0) is 25.1 Å². The van der Waals surface area contributed by atoms with Crippen LogP contribution in [-0.4, -0.2) is 17.2 Å². The first kappa shape index (κ1) is 14.7. The maximum atomic E-state index is 11.5. The molecule has 1 unspecified atom stereocenters. The molecule has 2 rings (SSSR count).